The van der Waals surface area contributed by atoms with Crippen LogP contribution in [0, 0.1) is 0 Å². The van der Waals surface area contributed by atoms with E-state index in [1.807, 2.05) is 0 Å². The van der Waals surface area contributed by atoms with Crippen molar-refractivity contribution in [2.45, 2.75) is 45.1 Å². The highest BCUT2D eigenvalue weighted by atomic mass is 16.1. The molecule has 0 atom stereocenters. The maximum atomic E-state index is 10.6. The SMILES string of the molecule is CC(=O)NCCN=C(N)NC1CCCCC1. The molecule has 0 bridgehead atoms. The van der Waals surface area contributed by atoms with Gasteiger partial charge >= 0.3 is 0 Å². The van der Waals surface area contributed by atoms with Crippen LogP contribution in [0.5, 0.6) is 0 Å². The van der Waals surface area contributed by atoms with Crippen LogP contribution in [0.3, 0.4) is 0 Å². The van der Waals surface area contributed by atoms with Crippen molar-refractivity contribution in [3.05, 3.63) is 0 Å². The Morgan fingerprint density at radius 2 is 2.06 bits per heavy atom. The molecule has 0 radical (unpaired) electrons. The van der Waals surface area contributed by atoms with Crippen LogP contribution >= 0.6 is 0 Å². The Kier molecular flexibility index (Phi) is 5.67. The quantitative estimate of drug-likeness (QED) is 0.368. The molecular formula is C11H22N4O. The van der Waals surface area contributed by atoms with Gasteiger partial charge in [0.15, 0.2) is 5.96 Å². The zero-order chi connectivity index (χ0) is 11.8. The van der Waals surface area contributed by atoms with E-state index < -0.39 is 0 Å². The monoisotopic (exact) mass is 226 g/mol. The third kappa shape index (κ3) is 5.58. The molecule has 1 aliphatic rings. The van der Waals surface area contributed by atoms with E-state index >= 15 is 0 Å². The number of nitrogens with two attached hydrogens (primary N) is 1. The normalized spacial score (nSPS) is 18.2. The van der Waals surface area contributed by atoms with Gasteiger partial charge < -0.3 is 16.4 Å². The van der Waals surface area contributed by atoms with E-state index in [-0.39, 0.29) is 5.91 Å². The Hall–Kier alpha value is -1.26. The number of nitrogens with zero attached hydrogens (tertiary/aromatic N) is 1. The lowest BCUT2D eigenvalue weighted by atomic mass is 9.96. The van der Waals surface area contributed by atoms with Crippen LogP contribution in [0.25, 0.3) is 0 Å². The summed E-state index contributed by atoms with van der Waals surface area (Å²) in [5.41, 5.74) is 5.75. The Bertz CT molecular complexity index is 246. The molecular weight excluding hydrogens is 204 g/mol. The highest BCUT2D eigenvalue weighted by molar-refractivity contribution is 5.78. The maximum absolute atomic E-state index is 10.6. The molecule has 1 amide bonds. The summed E-state index contributed by atoms with van der Waals surface area (Å²) in [5, 5.41) is 5.90. The summed E-state index contributed by atoms with van der Waals surface area (Å²) in [6.07, 6.45) is 6.25. The summed E-state index contributed by atoms with van der Waals surface area (Å²) in [6.45, 7) is 2.57. The van der Waals surface area contributed by atoms with Gasteiger partial charge in [0.2, 0.25) is 5.91 Å². The molecule has 1 rings (SSSR count). The molecule has 0 saturated heterocycles. The van der Waals surface area contributed by atoms with Gasteiger partial charge in [-0.3, -0.25) is 9.79 Å². The van der Waals surface area contributed by atoms with Crippen molar-refractivity contribution in [2.75, 3.05) is 13.1 Å². The van der Waals surface area contributed by atoms with Gasteiger partial charge in [0, 0.05) is 19.5 Å². The van der Waals surface area contributed by atoms with Gasteiger partial charge in [-0.15, -0.1) is 0 Å². The van der Waals surface area contributed by atoms with Gasteiger partial charge in [0.05, 0.1) is 6.54 Å². The molecule has 4 N–H and O–H groups in total. The lowest BCUT2D eigenvalue weighted by Crippen LogP contribution is -2.41. The number of hydrogen-bond acceptors (Lipinski definition) is 2. The summed E-state index contributed by atoms with van der Waals surface area (Å²) in [7, 11) is 0. The van der Waals surface area contributed by atoms with Crippen molar-refractivity contribution in [3.63, 3.8) is 0 Å². The summed E-state index contributed by atoms with van der Waals surface area (Å²) < 4.78 is 0. The first-order chi connectivity index (χ1) is 7.68. The average molecular weight is 226 g/mol. The number of carbonyl (C=O) groups excluding carboxylic acids is 1. The van der Waals surface area contributed by atoms with Gasteiger partial charge in [0.1, 0.15) is 0 Å². The number of hydrogen-bond donors (Lipinski definition) is 3. The van der Waals surface area contributed by atoms with Gasteiger partial charge in [-0.25, -0.2) is 0 Å². The zero-order valence-electron chi connectivity index (χ0n) is 9.96. The second-order valence-corrected chi connectivity index (χ2v) is 4.23. The molecule has 0 heterocycles. The Labute approximate surface area is 96.9 Å². The van der Waals surface area contributed by atoms with E-state index in [1.54, 1.807) is 0 Å². The lowest BCUT2D eigenvalue weighted by Gasteiger charge is -2.23. The fourth-order valence-electron chi connectivity index (χ4n) is 1.91. The van der Waals surface area contributed by atoms with Gasteiger partial charge in [-0.05, 0) is 12.8 Å². The number of rotatable bonds is 4. The van der Waals surface area contributed by atoms with Crippen molar-refractivity contribution >= 4 is 11.9 Å². The molecule has 5 heteroatoms. The predicted molar refractivity (Wildman–Crippen MR) is 65.2 cm³/mol. The standard InChI is InChI=1S/C11H22N4O/c1-9(16)13-7-8-14-11(12)15-10-5-3-2-4-6-10/h10H,2-8H2,1H3,(H,13,16)(H3,12,14,15). The zero-order valence-corrected chi connectivity index (χ0v) is 9.96. The summed E-state index contributed by atoms with van der Waals surface area (Å²) in [5.74, 6) is 0.464. The molecule has 1 aliphatic carbocycles. The van der Waals surface area contributed by atoms with E-state index in [0.717, 1.165) is 0 Å². The molecule has 0 aromatic carbocycles. The van der Waals surface area contributed by atoms with Crippen molar-refractivity contribution in [3.8, 4) is 0 Å². The van der Waals surface area contributed by atoms with E-state index in [4.69, 9.17) is 5.73 Å². The van der Waals surface area contributed by atoms with E-state index in [2.05, 4.69) is 15.6 Å². The first-order valence-corrected chi connectivity index (χ1v) is 5.99. The highest BCUT2D eigenvalue weighted by Gasteiger charge is 2.12. The van der Waals surface area contributed by atoms with Crippen LogP contribution < -0.4 is 16.4 Å². The average Bonchev–Trinajstić information content (AvgIpc) is 2.25. The van der Waals surface area contributed by atoms with Gasteiger partial charge in [-0.1, -0.05) is 19.3 Å². The van der Waals surface area contributed by atoms with E-state index in [1.165, 1.54) is 39.0 Å². The van der Waals surface area contributed by atoms with Crippen molar-refractivity contribution in [1.82, 2.24) is 10.6 Å². The van der Waals surface area contributed by atoms with Crippen molar-refractivity contribution in [2.24, 2.45) is 10.7 Å². The molecule has 5 nitrogen and oxygen atoms in total. The van der Waals surface area contributed by atoms with Crippen LogP contribution in [0.1, 0.15) is 39.0 Å². The maximum Gasteiger partial charge on any atom is 0.216 e. The second kappa shape index (κ2) is 7.09. The highest BCUT2D eigenvalue weighted by Crippen LogP contribution is 2.16. The van der Waals surface area contributed by atoms with Crippen molar-refractivity contribution < 1.29 is 4.79 Å². The number of nitrogens with one attached hydrogen (secondary N) is 2. The molecule has 0 aromatic heterocycles. The number of carbonyl (C=O) groups is 1. The fourth-order valence-corrected chi connectivity index (χ4v) is 1.91. The minimum atomic E-state index is -0.0333. The summed E-state index contributed by atoms with van der Waals surface area (Å²) in [6, 6.07) is 0.485. The van der Waals surface area contributed by atoms with E-state index in [0.29, 0.717) is 25.1 Å². The first kappa shape index (κ1) is 12.8. The number of amides is 1. The molecule has 0 spiro atoms. The van der Waals surface area contributed by atoms with Crippen LogP contribution in [-0.2, 0) is 4.79 Å². The smallest absolute Gasteiger partial charge is 0.216 e. The van der Waals surface area contributed by atoms with Crippen LogP contribution in [-0.4, -0.2) is 31.0 Å². The molecule has 16 heavy (non-hydrogen) atoms. The minimum Gasteiger partial charge on any atom is -0.370 e. The van der Waals surface area contributed by atoms with E-state index in [9.17, 15) is 4.79 Å². The predicted octanol–water partition coefficient (Wildman–Crippen LogP) is 0.360. The summed E-state index contributed by atoms with van der Waals surface area (Å²) >= 11 is 0. The molecule has 0 aromatic rings. The van der Waals surface area contributed by atoms with Gasteiger partial charge in [0.25, 0.3) is 0 Å². The third-order valence-electron chi connectivity index (χ3n) is 2.73. The lowest BCUT2D eigenvalue weighted by molar-refractivity contribution is -0.118. The Morgan fingerprint density at radius 1 is 1.38 bits per heavy atom. The molecule has 92 valence electrons. The minimum absolute atomic E-state index is 0.0333. The second-order valence-electron chi connectivity index (χ2n) is 4.23. The Morgan fingerprint density at radius 3 is 2.69 bits per heavy atom. The first-order valence-electron chi connectivity index (χ1n) is 5.99. The van der Waals surface area contributed by atoms with Crippen LogP contribution in [0.4, 0.5) is 0 Å². The molecule has 0 unspecified atom stereocenters. The Balaban J connectivity index is 2.14. The number of aliphatic imine (C=N–C) groups is 1. The number of guanidine groups is 1. The van der Waals surface area contributed by atoms with Crippen LogP contribution in [0.15, 0.2) is 4.99 Å². The third-order valence-corrected chi connectivity index (χ3v) is 2.73. The van der Waals surface area contributed by atoms with Crippen LogP contribution in [0.2, 0.25) is 0 Å². The summed E-state index contributed by atoms with van der Waals surface area (Å²) in [4.78, 5) is 14.8. The van der Waals surface area contributed by atoms with Crippen molar-refractivity contribution in [1.29, 1.82) is 0 Å². The molecule has 1 fully saturated rings. The largest absolute Gasteiger partial charge is 0.370 e. The molecule has 0 aliphatic heterocycles. The topological polar surface area (TPSA) is 79.5 Å². The molecule has 1 saturated carbocycles. The van der Waals surface area contributed by atoms with Gasteiger partial charge in [-0.2, -0.15) is 0 Å². The fraction of sp³-hybridized carbons (Fsp3) is 0.818.